The summed E-state index contributed by atoms with van der Waals surface area (Å²) in [6, 6.07) is 42.6. The Morgan fingerprint density at radius 3 is 2.12 bits per heavy atom. The van der Waals surface area contributed by atoms with E-state index in [0.717, 1.165) is 37.1 Å². The van der Waals surface area contributed by atoms with Crippen molar-refractivity contribution in [3.8, 4) is 5.69 Å². The number of aliphatic imine (C=N–C) groups is 1. The van der Waals surface area contributed by atoms with Gasteiger partial charge in [0.25, 0.3) is 0 Å². The third-order valence-electron chi connectivity index (χ3n) is 11.2. The Labute approximate surface area is 281 Å². The Morgan fingerprint density at radius 1 is 0.625 bits per heavy atom. The lowest BCUT2D eigenvalue weighted by atomic mass is 9.78. The van der Waals surface area contributed by atoms with Crippen LogP contribution < -0.4 is 0 Å². The summed E-state index contributed by atoms with van der Waals surface area (Å²) < 4.78 is 2.49. The Bertz CT molecular complexity index is 2550. The van der Waals surface area contributed by atoms with Gasteiger partial charge in [-0.3, -0.25) is 4.99 Å². The largest absolute Gasteiger partial charge is 0.310 e. The van der Waals surface area contributed by atoms with E-state index in [9.17, 15) is 0 Å². The van der Waals surface area contributed by atoms with E-state index in [1.807, 2.05) is 0 Å². The standard InChI is InChI=1S/C46H36N2/c1-46(2)41-28-44-40(27-42(41)47-45(46)30-12-4-3-5-13-30)38-18-10-11-19-43(38)48(44)32-23-20-29(21-24-32)31-22-25-37-35-16-7-6-14-33(35)34-15-8-9-17-36(34)39(37)26-31/h3-9,11-17,19-21,23-24,26-28H,10,18,22,25H2,1-2H3. The molecule has 0 spiro atoms. The van der Waals surface area contributed by atoms with Crippen molar-refractivity contribution in [2.45, 2.75) is 44.9 Å². The first kappa shape index (κ1) is 27.6. The van der Waals surface area contributed by atoms with Gasteiger partial charge in [0.05, 0.1) is 16.9 Å². The second-order valence-electron chi connectivity index (χ2n) is 14.2. The summed E-state index contributed by atoms with van der Waals surface area (Å²) in [5, 5.41) is 6.78. The molecule has 0 radical (unpaired) electrons. The number of allylic oxidation sites excluding steroid dienone is 2. The minimum Gasteiger partial charge on any atom is -0.310 e. The molecule has 7 aromatic rings. The highest BCUT2D eigenvalue weighted by molar-refractivity contribution is 6.15. The molecule has 6 aromatic carbocycles. The minimum absolute atomic E-state index is 0.181. The lowest BCUT2D eigenvalue weighted by molar-refractivity contribution is 0.738. The Hall–Kier alpha value is -5.47. The molecular weight excluding hydrogens is 581 g/mol. The van der Waals surface area contributed by atoms with Gasteiger partial charge in [0.2, 0.25) is 0 Å². The maximum absolute atomic E-state index is 5.25. The highest BCUT2D eigenvalue weighted by Gasteiger charge is 2.37. The third kappa shape index (κ3) is 3.96. The Kier molecular flexibility index (Phi) is 5.91. The smallest absolute Gasteiger partial charge is 0.0682 e. The van der Waals surface area contributed by atoms with Crippen LogP contribution in [-0.4, -0.2) is 10.3 Å². The Balaban J connectivity index is 1.09. The quantitative estimate of drug-likeness (QED) is 0.176. The summed E-state index contributed by atoms with van der Waals surface area (Å²) in [4.78, 5) is 5.25. The van der Waals surface area contributed by atoms with E-state index < -0.39 is 0 Å². The molecule has 0 saturated carbocycles. The molecule has 48 heavy (non-hydrogen) atoms. The maximum atomic E-state index is 5.25. The van der Waals surface area contributed by atoms with E-state index in [2.05, 4.69) is 152 Å². The van der Waals surface area contributed by atoms with Gasteiger partial charge in [-0.1, -0.05) is 117 Å². The molecule has 0 atom stereocenters. The second kappa shape index (κ2) is 10.3. The first-order chi connectivity index (χ1) is 23.6. The van der Waals surface area contributed by atoms with Gasteiger partial charge < -0.3 is 4.57 Å². The third-order valence-corrected chi connectivity index (χ3v) is 11.2. The molecule has 230 valence electrons. The van der Waals surface area contributed by atoms with E-state index >= 15 is 0 Å². The zero-order valence-corrected chi connectivity index (χ0v) is 27.4. The van der Waals surface area contributed by atoms with E-state index in [0.29, 0.717) is 0 Å². The molecule has 0 fully saturated rings. The molecule has 0 N–H and O–H groups in total. The van der Waals surface area contributed by atoms with Crippen LogP contribution in [0.15, 0.2) is 126 Å². The van der Waals surface area contributed by atoms with Gasteiger partial charge >= 0.3 is 0 Å². The first-order valence-electron chi connectivity index (χ1n) is 17.3. The van der Waals surface area contributed by atoms with Crippen molar-refractivity contribution in [3.63, 3.8) is 0 Å². The minimum atomic E-state index is -0.181. The molecule has 2 aliphatic carbocycles. The topological polar surface area (TPSA) is 17.3 Å². The SMILES string of the molecule is CC1(C)C(c2ccccc2)=Nc2cc3c4c(n(-c5ccc(C6=Cc7c(c8ccccc8c8ccccc78)CC6)cc5)c3cc21)C=CCC4. The predicted octanol–water partition coefficient (Wildman–Crippen LogP) is 11.8. The fraction of sp³-hybridized carbons (Fsp3) is 0.152. The van der Waals surface area contributed by atoms with Crippen LogP contribution in [0.2, 0.25) is 0 Å². The summed E-state index contributed by atoms with van der Waals surface area (Å²) in [7, 11) is 0. The monoisotopic (exact) mass is 616 g/mol. The first-order valence-corrected chi connectivity index (χ1v) is 17.3. The molecule has 0 saturated heterocycles. The zero-order chi connectivity index (χ0) is 32.0. The van der Waals surface area contributed by atoms with Gasteiger partial charge in [-0.25, -0.2) is 0 Å². The molecule has 3 aliphatic rings. The lowest BCUT2D eigenvalue weighted by Gasteiger charge is -2.23. The van der Waals surface area contributed by atoms with Crippen LogP contribution >= 0.6 is 0 Å². The summed E-state index contributed by atoms with van der Waals surface area (Å²) in [5.74, 6) is 0. The number of hydrogen-bond donors (Lipinski definition) is 0. The number of rotatable bonds is 3. The fourth-order valence-corrected chi connectivity index (χ4v) is 8.78. The summed E-state index contributed by atoms with van der Waals surface area (Å²) in [6.45, 7) is 4.64. The van der Waals surface area contributed by atoms with Crippen molar-refractivity contribution in [2.24, 2.45) is 4.99 Å². The zero-order valence-electron chi connectivity index (χ0n) is 27.4. The Morgan fingerprint density at radius 2 is 1.33 bits per heavy atom. The predicted molar refractivity (Wildman–Crippen MR) is 204 cm³/mol. The van der Waals surface area contributed by atoms with Gasteiger partial charge in [-0.15, -0.1) is 0 Å². The van der Waals surface area contributed by atoms with Gasteiger partial charge in [-0.2, -0.15) is 0 Å². The summed E-state index contributed by atoms with van der Waals surface area (Å²) in [6.07, 6.45) is 11.4. The molecule has 2 nitrogen and oxygen atoms in total. The number of fused-ring (bicyclic) bond motifs is 10. The van der Waals surface area contributed by atoms with Crippen LogP contribution in [-0.2, 0) is 18.3 Å². The second-order valence-corrected chi connectivity index (χ2v) is 14.2. The van der Waals surface area contributed by atoms with Crippen molar-refractivity contribution < 1.29 is 0 Å². The number of hydrogen-bond acceptors (Lipinski definition) is 1. The molecular formula is C46H36N2. The average Bonchev–Trinajstić information content (AvgIpc) is 3.61. The molecule has 0 unspecified atom stereocenters. The highest BCUT2D eigenvalue weighted by Crippen LogP contribution is 2.47. The van der Waals surface area contributed by atoms with E-state index in [4.69, 9.17) is 4.99 Å². The van der Waals surface area contributed by atoms with Gasteiger partial charge in [0, 0.05) is 22.2 Å². The lowest BCUT2D eigenvalue weighted by Crippen LogP contribution is -2.26. The van der Waals surface area contributed by atoms with Crippen LogP contribution in [0.1, 0.15) is 65.8 Å². The molecule has 1 aliphatic heterocycles. The van der Waals surface area contributed by atoms with Crippen LogP contribution in [0.5, 0.6) is 0 Å². The fourth-order valence-electron chi connectivity index (χ4n) is 8.78. The summed E-state index contributed by atoms with van der Waals surface area (Å²) in [5.41, 5.74) is 15.4. The number of aryl methyl sites for hydroxylation is 2. The number of benzene rings is 6. The van der Waals surface area contributed by atoms with E-state index in [-0.39, 0.29) is 5.41 Å². The average molecular weight is 617 g/mol. The van der Waals surface area contributed by atoms with Crippen molar-refractivity contribution in [1.29, 1.82) is 0 Å². The van der Waals surface area contributed by atoms with Crippen LogP contribution in [0.4, 0.5) is 5.69 Å². The van der Waals surface area contributed by atoms with Crippen LogP contribution in [0.3, 0.4) is 0 Å². The molecule has 1 aromatic heterocycles. The van der Waals surface area contributed by atoms with Gasteiger partial charge in [0.15, 0.2) is 0 Å². The van der Waals surface area contributed by atoms with Gasteiger partial charge in [-0.05, 0) is 117 Å². The maximum Gasteiger partial charge on any atom is 0.0682 e. The normalized spacial score (nSPS) is 16.1. The molecule has 0 amide bonds. The summed E-state index contributed by atoms with van der Waals surface area (Å²) >= 11 is 0. The number of nitrogens with zero attached hydrogens (tertiary/aromatic N) is 2. The van der Waals surface area contributed by atoms with Crippen molar-refractivity contribution in [2.75, 3.05) is 0 Å². The van der Waals surface area contributed by atoms with Crippen molar-refractivity contribution in [3.05, 3.63) is 160 Å². The number of aromatic nitrogens is 1. The van der Waals surface area contributed by atoms with Crippen LogP contribution in [0, 0.1) is 0 Å². The molecule has 2 heterocycles. The van der Waals surface area contributed by atoms with Gasteiger partial charge in [0.1, 0.15) is 0 Å². The molecule has 0 bridgehead atoms. The van der Waals surface area contributed by atoms with Crippen molar-refractivity contribution >= 4 is 61.6 Å². The van der Waals surface area contributed by atoms with E-state index in [1.165, 1.54) is 82.8 Å². The van der Waals surface area contributed by atoms with E-state index in [1.54, 1.807) is 0 Å². The highest BCUT2D eigenvalue weighted by atomic mass is 15.0. The van der Waals surface area contributed by atoms with Crippen LogP contribution in [0.25, 0.3) is 55.9 Å². The van der Waals surface area contributed by atoms with Crippen molar-refractivity contribution in [1.82, 2.24) is 4.57 Å². The molecule has 10 rings (SSSR count). The molecule has 2 heteroatoms.